The van der Waals surface area contributed by atoms with Gasteiger partial charge in [-0.05, 0) is 6.92 Å². The minimum Gasteiger partial charge on any atom is -0.463 e. The van der Waals surface area contributed by atoms with E-state index in [-0.39, 0.29) is 30.0 Å². The number of aryl methyl sites for hydroxylation is 1. The molecule has 0 saturated carbocycles. The highest BCUT2D eigenvalue weighted by molar-refractivity contribution is 7.91. The van der Waals surface area contributed by atoms with Crippen LogP contribution < -0.4 is 10.5 Å². The Bertz CT molecular complexity index is 440. The van der Waals surface area contributed by atoms with Crippen LogP contribution in [0.1, 0.15) is 13.8 Å². The Hall–Kier alpha value is -1.31. The second-order valence-corrected chi connectivity index (χ2v) is 5.62. The summed E-state index contributed by atoms with van der Waals surface area (Å²) in [5, 5.41) is 3.93. The molecule has 0 spiro atoms. The van der Waals surface area contributed by atoms with Crippen molar-refractivity contribution >= 4 is 15.8 Å². The van der Waals surface area contributed by atoms with E-state index in [9.17, 15) is 8.42 Å². The van der Waals surface area contributed by atoms with E-state index in [4.69, 9.17) is 10.5 Å². The number of sulfone groups is 1. The average Bonchev–Trinajstić information content (AvgIpc) is 2.57. The maximum atomic E-state index is 11.3. The molecule has 0 aliphatic rings. The van der Waals surface area contributed by atoms with Crippen LogP contribution in [0, 0.1) is 0 Å². The molecule has 0 fully saturated rings. The lowest BCUT2D eigenvalue weighted by molar-refractivity contribution is 0.310. The van der Waals surface area contributed by atoms with E-state index in [1.165, 1.54) is 4.68 Å². The van der Waals surface area contributed by atoms with Crippen LogP contribution >= 0.6 is 0 Å². The summed E-state index contributed by atoms with van der Waals surface area (Å²) in [7, 11) is -3.02. The van der Waals surface area contributed by atoms with Gasteiger partial charge < -0.3 is 10.5 Å². The van der Waals surface area contributed by atoms with Gasteiger partial charge in [-0.2, -0.15) is 4.98 Å². The van der Waals surface area contributed by atoms with E-state index in [0.717, 1.165) is 0 Å². The van der Waals surface area contributed by atoms with Gasteiger partial charge in [0.05, 0.1) is 18.9 Å². The van der Waals surface area contributed by atoms with Gasteiger partial charge in [-0.25, -0.2) is 13.1 Å². The maximum Gasteiger partial charge on any atom is 0.337 e. The predicted molar refractivity (Wildman–Crippen MR) is 59.9 cm³/mol. The van der Waals surface area contributed by atoms with Gasteiger partial charge in [-0.1, -0.05) is 6.92 Å². The number of aromatic nitrogens is 3. The topological polar surface area (TPSA) is 100 Å². The fraction of sp³-hybridized carbons (Fsp3) is 0.750. The first kappa shape index (κ1) is 12.8. The fourth-order valence-electron chi connectivity index (χ4n) is 1.06. The van der Waals surface area contributed by atoms with Crippen molar-refractivity contribution in [1.82, 2.24) is 14.8 Å². The molecule has 7 nitrogen and oxygen atoms in total. The molecule has 92 valence electrons. The van der Waals surface area contributed by atoms with Crippen LogP contribution in [-0.4, -0.2) is 41.3 Å². The molecular weight excluding hydrogens is 232 g/mol. The van der Waals surface area contributed by atoms with Gasteiger partial charge in [0.15, 0.2) is 9.84 Å². The molecule has 0 saturated heterocycles. The molecule has 0 aliphatic heterocycles. The lowest BCUT2D eigenvalue weighted by Crippen LogP contribution is -2.16. The summed E-state index contributed by atoms with van der Waals surface area (Å²) in [4.78, 5) is 3.84. The second-order valence-electron chi connectivity index (χ2n) is 3.15. The van der Waals surface area contributed by atoms with Gasteiger partial charge in [0.1, 0.15) is 0 Å². The number of nitrogens with zero attached hydrogens (tertiary/aromatic N) is 3. The summed E-state index contributed by atoms with van der Waals surface area (Å²) in [5.74, 6) is 0.275. The van der Waals surface area contributed by atoms with Gasteiger partial charge in [0, 0.05) is 5.75 Å². The van der Waals surface area contributed by atoms with Crippen LogP contribution in [-0.2, 0) is 16.4 Å². The molecule has 8 heteroatoms. The minimum atomic E-state index is -3.02. The summed E-state index contributed by atoms with van der Waals surface area (Å²) < 4.78 is 29.0. The largest absolute Gasteiger partial charge is 0.463 e. The van der Waals surface area contributed by atoms with Gasteiger partial charge >= 0.3 is 6.01 Å². The Morgan fingerprint density at radius 1 is 1.44 bits per heavy atom. The first-order valence-corrected chi connectivity index (χ1v) is 6.84. The number of ether oxygens (including phenoxy) is 1. The molecule has 1 heterocycles. The zero-order valence-electron chi connectivity index (χ0n) is 9.38. The summed E-state index contributed by atoms with van der Waals surface area (Å²) in [5.41, 5.74) is 5.56. The first-order chi connectivity index (χ1) is 7.48. The van der Waals surface area contributed by atoms with Crippen LogP contribution in [0.15, 0.2) is 0 Å². The number of nitrogens with two attached hydrogens (primary N) is 1. The third-order valence-electron chi connectivity index (χ3n) is 2.01. The molecule has 0 radical (unpaired) electrons. The molecular formula is C8H16N4O3S. The highest BCUT2D eigenvalue weighted by Crippen LogP contribution is 2.07. The second kappa shape index (κ2) is 5.15. The van der Waals surface area contributed by atoms with Gasteiger partial charge in [0.25, 0.3) is 0 Å². The van der Waals surface area contributed by atoms with Crippen molar-refractivity contribution in [3.05, 3.63) is 0 Å². The number of hydrogen-bond donors (Lipinski definition) is 1. The Morgan fingerprint density at radius 2 is 2.12 bits per heavy atom. The van der Waals surface area contributed by atoms with E-state index in [1.54, 1.807) is 13.8 Å². The third kappa shape index (κ3) is 3.37. The summed E-state index contributed by atoms with van der Waals surface area (Å²) >= 11 is 0. The van der Waals surface area contributed by atoms with E-state index < -0.39 is 9.84 Å². The van der Waals surface area contributed by atoms with Crippen molar-refractivity contribution < 1.29 is 13.2 Å². The summed E-state index contributed by atoms with van der Waals surface area (Å²) in [6.45, 7) is 4.04. The van der Waals surface area contributed by atoms with E-state index >= 15 is 0 Å². The van der Waals surface area contributed by atoms with Crippen molar-refractivity contribution in [3.63, 3.8) is 0 Å². The number of anilines is 1. The van der Waals surface area contributed by atoms with Crippen LogP contribution in [0.5, 0.6) is 6.01 Å². The Balaban J connectivity index is 2.67. The Kier molecular flexibility index (Phi) is 4.11. The molecule has 0 aromatic carbocycles. The van der Waals surface area contributed by atoms with Crippen molar-refractivity contribution in [2.24, 2.45) is 0 Å². The van der Waals surface area contributed by atoms with Crippen LogP contribution in [0.2, 0.25) is 0 Å². The van der Waals surface area contributed by atoms with Crippen LogP contribution in [0.4, 0.5) is 5.95 Å². The van der Waals surface area contributed by atoms with E-state index in [1.807, 2.05) is 0 Å². The van der Waals surface area contributed by atoms with E-state index in [2.05, 4.69) is 10.1 Å². The molecule has 1 aromatic heterocycles. The monoisotopic (exact) mass is 248 g/mol. The van der Waals surface area contributed by atoms with Crippen molar-refractivity contribution in [2.45, 2.75) is 20.4 Å². The summed E-state index contributed by atoms with van der Waals surface area (Å²) in [6, 6.07) is 0.175. The summed E-state index contributed by atoms with van der Waals surface area (Å²) in [6.07, 6.45) is 0. The molecule has 1 rings (SSSR count). The van der Waals surface area contributed by atoms with Crippen molar-refractivity contribution in [3.8, 4) is 6.01 Å². The van der Waals surface area contributed by atoms with Crippen LogP contribution in [0.25, 0.3) is 0 Å². The smallest absolute Gasteiger partial charge is 0.337 e. The molecule has 0 aliphatic carbocycles. The zero-order chi connectivity index (χ0) is 12.2. The first-order valence-electron chi connectivity index (χ1n) is 5.02. The molecule has 1 aromatic rings. The Morgan fingerprint density at radius 3 is 2.69 bits per heavy atom. The third-order valence-corrected chi connectivity index (χ3v) is 3.69. The lowest BCUT2D eigenvalue weighted by Gasteiger charge is -2.02. The molecule has 0 atom stereocenters. The average molecular weight is 248 g/mol. The molecule has 0 amide bonds. The predicted octanol–water partition coefficient (Wildman–Crippen LogP) is -0.306. The molecule has 2 N–H and O–H groups in total. The fourth-order valence-corrected chi connectivity index (χ4v) is 1.80. The SMILES string of the molecule is CCOc1nc(N)n(CCS(=O)(=O)CC)n1. The highest BCUT2D eigenvalue weighted by atomic mass is 32.2. The number of nitrogen functional groups attached to an aromatic ring is 1. The Labute approximate surface area is 94.5 Å². The maximum absolute atomic E-state index is 11.3. The molecule has 16 heavy (non-hydrogen) atoms. The standard InChI is InChI=1S/C8H16N4O3S/c1-3-15-8-10-7(9)12(11-8)5-6-16(13,14)4-2/h3-6H2,1-2H3,(H2,9,10,11). The normalized spacial score (nSPS) is 11.6. The van der Waals surface area contributed by atoms with Gasteiger partial charge in [-0.3, -0.25) is 0 Å². The van der Waals surface area contributed by atoms with Gasteiger partial charge in [-0.15, -0.1) is 5.10 Å². The van der Waals surface area contributed by atoms with Crippen molar-refractivity contribution in [1.29, 1.82) is 0 Å². The molecule has 0 bridgehead atoms. The van der Waals surface area contributed by atoms with E-state index in [0.29, 0.717) is 6.61 Å². The van der Waals surface area contributed by atoms with Gasteiger partial charge in [0.2, 0.25) is 5.95 Å². The minimum absolute atomic E-state index is 0.00260. The molecule has 0 unspecified atom stereocenters. The zero-order valence-corrected chi connectivity index (χ0v) is 10.2. The number of hydrogen-bond acceptors (Lipinski definition) is 6. The highest BCUT2D eigenvalue weighted by Gasteiger charge is 2.12. The quantitative estimate of drug-likeness (QED) is 0.741. The van der Waals surface area contributed by atoms with Crippen LogP contribution in [0.3, 0.4) is 0 Å². The lowest BCUT2D eigenvalue weighted by atomic mass is 10.7. The van der Waals surface area contributed by atoms with Crippen molar-refractivity contribution in [2.75, 3.05) is 23.8 Å². The number of rotatable bonds is 6.